The van der Waals surface area contributed by atoms with E-state index in [1.54, 1.807) is 11.3 Å². The minimum absolute atomic E-state index is 0.0942. The van der Waals surface area contributed by atoms with Crippen molar-refractivity contribution in [1.82, 2.24) is 10.6 Å². The van der Waals surface area contributed by atoms with Gasteiger partial charge in [0.05, 0.1) is 18.7 Å². The number of hydrogen-bond donors (Lipinski definition) is 3. The van der Waals surface area contributed by atoms with Gasteiger partial charge in [-0.25, -0.2) is 4.79 Å². The van der Waals surface area contributed by atoms with E-state index in [0.29, 0.717) is 6.54 Å². The van der Waals surface area contributed by atoms with Crippen molar-refractivity contribution >= 4 is 17.4 Å². The zero-order valence-corrected chi connectivity index (χ0v) is 12.1. The summed E-state index contributed by atoms with van der Waals surface area (Å²) in [5.74, 6) is 0. The van der Waals surface area contributed by atoms with Gasteiger partial charge in [-0.15, -0.1) is 11.3 Å². The molecule has 0 saturated heterocycles. The molecule has 1 heterocycles. The Morgan fingerprint density at radius 2 is 2.11 bits per heavy atom. The van der Waals surface area contributed by atoms with Crippen LogP contribution >= 0.6 is 11.3 Å². The van der Waals surface area contributed by atoms with Gasteiger partial charge < -0.3 is 15.7 Å². The number of urea groups is 1. The number of carbonyl (C=O) groups is 1. The van der Waals surface area contributed by atoms with Gasteiger partial charge in [0.1, 0.15) is 0 Å². The molecule has 1 aliphatic carbocycles. The molecule has 5 heteroatoms. The topological polar surface area (TPSA) is 61.4 Å². The summed E-state index contributed by atoms with van der Waals surface area (Å²) < 4.78 is 0. The van der Waals surface area contributed by atoms with Gasteiger partial charge in [-0.05, 0) is 31.4 Å². The number of nitrogens with one attached hydrogen (secondary N) is 2. The average Bonchev–Trinajstić information content (AvgIpc) is 2.87. The van der Waals surface area contributed by atoms with Gasteiger partial charge >= 0.3 is 6.03 Å². The summed E-state index contributed by atoms with van der Waals surface area (Å²) in [7, 11) is 0. The molecule has 2 atom stereocenters. The van der Waals surface area contributed by atoms with Crippen LogP contribution in [0.3, 0.4) is 0 Å². The summed E-state index contributed by atoms with van der Waals surface area (Å²) >= 11 is 1.73. The van der Waals surface area contributed by atoms with E-state index in [-0.39, 0.29) is 12.1 Å². The first kappa shape index (κ1) is 14.3. The van der Waals surface area contributed by atoms with Crippen LogP contribution in [0.2, 0.25) is 0 Å². The van der Waals surface area contributed by atoms with Crippen molar-refractivity contribution in [2.45, 2.75) is 57.7 Å². The smallest absolute Gasteiger partial charge is 0.315 e. The Balaban J connectivity index is 1.74. The molecule has 2 rings (SSSR count). The Morgan fingerprint density at radius 1 is 1.37 bits per heavy atom. The van der Waals surface area contributed by atoms with Gasteiger partial charge in [0.2, 0.25) is 0 Å². The molecular weight excluding hydrogens is 260 g/mol. The van der Waals surface area contributed by atoms with E-state index in [0.717, 1.165) is 37.0 Å². The summed E-state index contributed by atoms with van der Waals surface area (Å²) in [5, 5.41) is 15.5. The summed E-state index contributed by atoms with van der Waals surface area (Å²) in [4.78, 5) is 14.3. The second-order valence-corrected chi connectivity index (χ2v) is 6.26. The monoisotopic (exact) mass is 282 g/mol. The predicted molar refractivity (Wildman–Crippen MR) is 77.3 cm³/mol. The first-order chi connectivity index (χ1) is 9.19. The van der Waals surface area contributed by atoms with E-state index in [2.05, 4.69) is 29.7 Å². The molecule has 4 nitrogen and oxygen atoms in total. The minimum Gasteiger partial charge on any atom is -0.391 e. The minimum atomic E-state index is -0.395. The van der Waals surface area contributed by atoms with E-state index in [4.69, 9.17) is 0 Å². The van der Waals surface area contributed by atoms with Crippen molar-refractivity contribution in [3.8, 4) is 0 Å². The highest BCUT2D eigenvalue weighted by molar-refractivity contribution is 7.11. The van der Waals surface area contributed by atoms with Gasteiger partial charge in [0, 0.05) is 9.75 Å². The lowest BCUT2D eigenvalue weighted by Gasteiger charge is -2.28. The molecule has 1 fully saturated rings. The molecule has 0 bridgehead atoms. The number of aliphatic hydroxyl groups is 1. The predicted octanol–water partition coefficient (Wildman–Crippen LogP) is 2.41. The van der Waals surface area contributed by atoms with Crippen molar-refractivity contribution in [2.75, 3.05) is 0 Å². The molecule has 1 aromatic heterocycles. The van der Waals surface area contributed by atoms with E-state index in [1.165, 1.54) is 4.88 Å². The first-order valence-corrected chi connectivity index (χ1v) is 7.80. The molecule has 106 valence electrons. The fourth-order valence-corrected chi connectivity index (χ4v) is 3.27. The van der Waals surface area contributed by atoms with Crippen LogP contribution in [0.4, 0.5) is 4.79 Å². The molecule has 2 unspecified atom stereocenters. The maximum absolute atomic E-state index is 11.8. The fraction of sp³-hybridized carbons (Fsp3) is 0.643. The highest BCUT2D eigenvalue weighted by Gasteiger charge is 2.24. The van der Waals surface area contributed by atoms with Crippen LogP contribution < -0.4 is 10.6 Å². The molecule has 0 spiro atoms. The third-order valence-corrected chi connectivity index (χ3v) is 4.76. The Hall–Kier alpha value is -1.07. The lowest BCUT2D eigenvalue weighted by molar-refractivity contribution is 0.0943. The zero-order valence-electron chi connectivity index (χ0n) is 11.3. The summed E-state index contributed by atoms with van der Waals surface area (Å²) in [6.07, 6.45) is 4.42. The maximum Gasteiger partial charge on any atom is 0.315 e. The number of carbonyl (C=O) groups excluding carboxylic acids is 1. The number of aryl methyl sites for hydroxylation is 1. The second-order valence-electron chi connectivity index (χ2n) is 5.01. The fourth-order valence-electron chi connectivity index (χ4n) is 2.37. The molecular formula is C14H22N2O2S. The Kier molecular flexibility index (Phi) is 5.22. The van der Waals surface area contributed by atoms with Crippen LogP contribution in [0, 0.1) is 0 Å². The maximum atomic E-state index is 11.8. The van der Waals surface area contributed by atoms with Crippen LogP contribution in [0.1, 0.15) is 42.4 Å². The summed E-state index contributed by atoms with van der Waals surface area (Å²) in [6.45, 7) is 2.68. The van der Waals surface area contributed by atoms with Gasteiger partial charge in [-0.3, -0.25) is 0 Å². The van der Waals surface area contributed by atoms with Gasteiger partial charge in [-0.2, -0.15) is 0 Å². The average molecular weight is 282 g/mol. The first-order valence-electron chi connectivity index (χ1n) is 6.99. The standard InChI is InChI=1S/C14H22N2O2S/c1-2-10-7-8-11(19-10)9-15-14(18)16-12-5-3-4-6-13(12)17/h7-8,12-13,17H,2-6,9H2,1H3,(H2,15,16,18). The lowest BCUT2D eigenvalue weighted by Crippen LogP contribution is -2.48. The van der Waals surface area contributed by atoms with Gasteiger partial charge in [-0.1, -0.05) is 19.8 Å². The lowest BCUT2D eigenvalue weighted by atomic mass is 9.93. The molecule has 2 amide bonds. The van der Waals surface area contributed by atoms with Crippen LogP contribution in [0.15, 0.2) is 12.1 Å². The summed E-state index contributed by atoms with van der Waals surface area (Å²) in [5.41, 5.74) is 0. The van der Waals surface area contributed by atoms with Crippen molar-refractivity contribution < 1.29 is 9.90 Å². The second kappa shape index (κ2) is 6.91. The molecule has 0 radical (unpaired) electrons. The molecule has 0 aliphatic heterocycles. The molecule has 1 aliphatic rings. The SMILES string of the molecule is CCc1ccc(CNC(=O)NC2CCCCC2O)s1. The van der Waals surface area contributed by atoms with Gasteiger partial charge in [0.25, 0.3) is 0 Å². The molecule has 1 aromatic rings. The third kappa shape index (κ3) is 4.21. The normalized spacial score (nSPS) is 23.1. The van der Waals surface area contributed by atoms with Crippen molar-refractivity contribution in [3.05, 3.63) is 21.9 Å². The van der Waals surface area contributed by atoms with E-state index in [9.17, 15) is 9.90 Å². The number of thiophene rings is 1. The molecule has 1 saturated carbocycles. The quantitative estimate of drug-likeness (QED) is 0.794. The number of hydrogen-bond acceptors (Lipinski definition) is 3. The number of rotatable bonds is 4. The largest absolute Gasteiger partial charge is 0.391 e. The number of amides is 2. The van der Waals surface area contributed by atoms with Crippen molar-refractivity contribution in [1.29, 1.82) is 0 Å². The third-order valence-electron chi connectivity index (χ3n) is 3.53. The molecule has 19 heavy (non-hydrogen) atoms. The highest BCUT2D eigenvalue weighted by Crippen LogP contribution is 2.18. The molecule has 3 N–H and O–H groups in total. The Bertz CT molecular complexity index is 419. The van der Waals surface area contributed by atoms with Crippen molar-refractivity contribution in [2.24, 2.45) is 0 Å². The van der Waals surface area contributed by atoms with Crippen LogP contribution in [0.5, 0.6) is 0 Å². The van der Waals surface area contributed by atoms with E-state index < -0.39 is 6.10 Å². The summed E-state index contributed by atoms with van der Waals surface area (Å²) in [6, 6.07) is 3.88. The van der Waals surface area contributed by atoms with Crippen LogP contribution in [0.25, 0.3) is 0 Å². The van der Waals surface area contributed by atoms with Crippen molar-refractivity contribution in [3.63, 3.8) is 0 Å². The van der Waals surface area contributed by atoms with E-state index in [1.807, 2.05) is 0 Å². The molecule has 0 aromatic carbocycles. The van der Waals surface area contributed by atoms with E-state index >= 15 is 0 Å². The zero-order chi connectivity index (χ0) is 13.7. The van der Waals surface area contributed by atoms with Crippen LogP contribution in [-0.4, -0.2) is 23.3 Å². The highest BCUT2D eigenvalue weighted by atomic mass is 32.1. The number of aliphatic hydroxyl groups excluding tert-OH is 1. The Morgan fingerprint density at radius 3 is 2.79 bits per heavy atom. The van der Waals surface area contributed by atoms with Gasteiger partial charge in [0.15, 0.2) is 0 Å². The van der Waals surface area contributed by atoms with Crippen LogP contribution in [-0.2, 0) is 13.0 Å². The Labute approximate surface area is 118 Å².